The van der Waals surface area contributed by atoms with E-state index in [4.69, 9.17) is 9.47 Å². The number of carbonyl (C=O) groups excluding carboxylic acids is 2. The van der Waals surface area contributed by atoms with Crippen molar-refractivity contribution in [1.82, 2.24) is 30.2 Å². The number of aliphatic hydroxyl groups is 2. The Labute approximate surface area is 232 Å². The predicted molar refractivity (Wildman–Crippen MR) is 146 cm³/mol. The minimum absolute atomic E-state index is 0.172. The lowest BCUT2D eigenvalue weighted by Crippen LogP contribution is -2.55. The van der Waals surface area contributed by atoms with E-state index in [9.17, 15) is 19.8 Å². The number of fused-ring (bicyclic) bond motifs is 1. The SMILES string of the molecule is COc1ccc(CC(NC(=O)CI)C(=O)NC2[C@@H](O)[C@H](n3cnc4c(N(C)C)ncnc43)O[C@@H]2CO)cc1. The second-order valence-corrected chi connectivity index (χ2v) is 9.76. The molecule has 4 N–H and O–H groups in total. The van der Waals surface area contributed by atoms with Gasteiger partial charge in [0.25, 0.3) is 0 Å². The van der Waals surface area contributed by atoms with Gasteiger partial charge in [0, 0.05) is 20.5 Å². The molecule has 1 aliphatic rings. The molecule has 0 saturated carbocycles. The second-order valence-electron chi connectivity index (χ2n) is 8.99. The number of rotatable bonds is 10. The van der Waals surface area contributed by atoms with Crippen LogP contribution in [-0.4, -0.2) is 98.1 Å². The lowest BCUT2D eigenvalue weighted by molar-refractivity contribution is -0.129. The highest BCUT2D eigenvalue weighted by atomic mass is 127. The Hall–Kier alpha value is -3.08. The van der Waals surface area contributed by atoms with Gasteiger partial charge in [0.15, 0.2) is 23.2 Å². The smallest absolute Gasteiger partial charge is 0.243 e. The van der Waals surface area contributed by atoms with E-state index in [1.807, 2.05) is 48.8 Å². The van der Waals surface area contributed by atoms with Gasteiger partial charge < -0.3 is 35.2 Å². The quantitative estimate of drug-likeness (QED) is 0.173. The van der Waals surface area contributed by atoms with Crippen LogP contribution in [0, 0.1) is 0 Å². The van der Waals surface area contributed by atoms with E-state index in [1.54, 1.807) is 28.7 Å². The third kappa shape index (κ3) is 5.82. The van der Waals surface area contributed by atoms with Crippen molar-refractivity contribution in [2.75, 3.05) is 37.1 Å². The van der Waals surface area contributed by atoms with E-state index in [2.05, 4.69) is 25.6 Å². The molecule has 1 fully saturated rings. The third-order valence-electron chi connectivity index (χ3n) is 6.27. The fourth-order valence-electron chi connectivity index (χ4n) is 4.36. The highest BCUT2D eigenvalue weighted by molar-refractivity contribution is 14.1. The third-order valence-corrected chi connectivity index (χ3v) is 6.97. The number of nitrogens with one attached hydrogen (secondary N) is 2. The average molecular weight is 639 g/mol. The Morgan fingerprint density at radius 2 is 1.97 bits per heavy atom. The van der Waals surface area contributed by atoms with Gasteiger partial charge in [0.1, 0.15) is 30.3 Å². The van der Waals surface area contributed by atoms with Crippen molar-refractivity contribution in [2.24, 2.45) is 0 Å². The number of imidazole rings is 1. The number of aromatic nitrogens is 4. The van der Waals surface area contributed by atoms with Crippen molar-refractivity contribution in [1.29, 1.82) is 0 Å². The van der Waals surface area contributed by atoms with Gasteiger partial charge >= 0.3 is 0 Å². The standard InChI is InChI=1S/C24H30IN7O6/c1-31(2)21-19-22(27-11-26-21)32(12-28-19)24-20(35)18(16(10-33)38-24)30-23(36)15(29-17(34)9-25)8-13-4-6-14(37-3)7-5-13/h4-7,11-12,15-16,18,20,24,33,35H,8-10H2,1-3H3,(H,29,34)(H,30,36)/t15?,16-,18?,20-,24-/m1/s1. The van der Waals surface area contributed by atoms with Crippen LogP contribution in [0.1, 0.15) is 11.8 Å². The molecule has 5 atom stereocenters. The molecule has 3 aromatic rings. The van der Waals surface area contributed by atoms with E-state index in [1.165, 1.54) is 12.7 Å². The number of carbonyl (C=O) groups is 2. The Bertz CT molecular complexity index is 1270. The molecule has 38 heavy (non-hydrogen) atoms. The molecule has 4 rings (SSSR count). The first-order chi connectivity index (χ1) is 18.3. The summed E-state index contributed by atoms with van der Waals surface area (Å²) in [5.41, 5.74) is 1.76. The Morgan fingerprint density at radius 1 is 1.24 bits per heavy atom. The maximum absolute atomic E-state index is 13.4. The van der Waals surface area contributed by atoms with Crippen molar-refractivity contribution in [3.05, 3.63) is 42.5 Å². The highest BCUT2D eigenvalue weighted by Crippen LogP contribution is 2.32. The van der Waals surface area contributed by atoms with E-state index in [-0.39, 0.29) is 16.8 Å². The Balaban J connectivity index is 1.55. The lowest BCUT2D eigenvalue weighted by Gasteiger charge is -2.25. The number of anilines is 1. The number of methoxy groups -OCH3 is 1. The Morgan fingerprint density at radius 3 is 2.61 bits per heavy atom. The van der Waals surface area contributed by atoms with Crippen LogP contribution >= 0.6 is 22.6 Å². The summed E-state index contributed by atoms with van der Waals surface area (Å²) >= 11 is 1.92. The summed E-state index contributed by atoms with van der Waals surface area (Å²) in [5, 5.41) is 26.7. The average Bonchev–Trinajstić information content (AvgIpc) is 3.48. The van der Waals surface area contributed by atoms with Crippen LogP contribution in [0.4, 0.5) is 5.82 Å². The maximum atomic E-state index is 13.4. The molecule has 3 heterocycles. The van der Waals surface area contributed by atoms with Gasteiger partial charge in [-0.2, -0.15) is 0 Å². The van der Waals surface area contributed by atoms with Crippen molar-refractivity contribution in [3.63, 3.8) is 0 Å². The first-order valence-electron chi connectivity index (χ1n) is 11.8. The van der Waals surface area contributed by atoms with Crippen molar-refractivity contribution < 1.29 is 29.3 Å². The molecular weight excluding hydrogens is 609 g/mol. The molecule has 204 valence electrons. The molecule has 0 aliphatic carbocycles. The maximum Gasteiger partial charge on any atom is 0.243 e. The number of amides is 2. The van der Waals surface area contributed by atoms with Crippen LogP contribution in [0.2, 0.25) is 0 Å². The second kappa shape index (κ2) is 12.2. The van der Waals surface area contributed by atoms with Crippen LogP contribution in [0.15, 0.2) is 36.9 Å². The number of nitrogens with zero attached hydrogens (tertiary/aromatic N) is 5. The molecular formula is C24H30IN7O6. The molecule has 0 bridgehead atoms. The molecule has 2 aromatic heterocycles. The van der Waals surface area contributed by atoms with Crippen LogP contribution < -0.4 is 20.3 Å². The van der Waals surface area contributed by atoms with Gasteiger partial charge in [-0.25, -0.2) is 15.0 Å². The molecule has 2 amide bonds. The summed E-state index contributed by atoms with van der Waals surface area (Å²) in [6, 6.07) is 5.28. The fourth-order valence-corrected chi connectivity index (χ4v) is 4.58. The van der Waals surface area contributed by atoms with Crippen LogP contribution in [0.25, 0.3) is 11.2 Å². The first-order valence-corrected chi connectivity index (χ1v) is 13.4. The summed E-state index contributed by atoms with van der Waals surface area (Å²) < 4.78 is 12.9. The zero-order valence-corrected chi connectivity index (χ0v) is 23.3. The summed E-state index contributed by atoms with van der Waals surface area (Å²) in [7, 11) is 5.22. The van der Waals surface area contributed by atoms with E-state index < -0.39 is 43.0 Å². The number of ether oxygens (including phenoxy) is 2. The largest absolute Gasteiger partial charge is 0.497 e. The van der Waals surface area contributed by atoms with Gasteiger partial charge in [-0.05, 0) is 17.7 Å². The molecule has 14 heteroatoms. The van der Waals surface area contributed by atoms with Crippen molar-refractivity contribution in [3.8, 4) is 5.75 Å². The minimum Gasteiger partial charge on any atom is -0.497 e. The lowest BCUT2D eigenvalue weighted by atomic mass is 10.0. The summed E-state index contributed by atoms with van der Waals surface area (Å²) in [5.74, 6) is 0.445. The molecule has 0 spiro atoms. The number of halogens is 1. The Kier molecular flexibility index (Phi) is 8.96. The van der Waals surface area contributed by atoms with Gasteiger partial charge in [-0.1, -0.05) is 34.7 Å². The van der Waals surface area contributed by atoms with E-state index in [0.717, 1.165) is 5.56 Å². The van der Waals surface area contributed by atoms with Gasteiger partial charge in [-0.15, -0.1) is 0 Å². The molecule has 0 radical (unpaired) electrons. The predicted octanol–water partition coefficient (Wildman–Crippen LogP) is -0.201. The molecule has 1 saturated heterocycles. The monoisotopic (exact) mass is 639 g/mol. The first kappa shape index (κ1) is 27.9. The number of hydrogen-bond acceptors (Lipinski definition) is 10. The topological polar surface area (TPSA) is 164 Å². The van der Waals surface area contributed by atoms with E-state index >= 15 is 0 Å². The molecule has 13 nitrogen and oxygen atoms in total. The van der Waals surface area contributed by atoms with E-state index in [0.29, 0.717) is 22.7 Å². The van der Waals surface area contributed by atoms with Gasteiger partial charge in [0.05, 0.1) is 30.5 Å². The number of alkyl halides is 1. The number of benzene rings is 1. The van der Waals surface area contributed by atoms with Crippen LogP contribution in [0.5, 0.6) is 5.75 Å². The van der Waals surface area contributed by atoms with Gasteiger partial charge in [0.2, 0.25) is 11.8 Å². The van der Waals surface area contributed by atoms with Crippen molar-refractivity contribution in [2.45, 2.75) is 36.9 Å². The highest BCUT2D eigenvalue weighted by Gasteiger charge is 2.46. The number of aliphatic hydroxyl groups excluding tert-OH is 2. The summed E-state index contributed by atoms with van der Waals surface area (Å²) in [6.07, 6.45) is -0.0465. The molecule has 1 aliphatic heterocycles. The fraction of sp³-hybridized carbons (Fsp3) is 0.458. The summed E-state index contributed by atoms with van der Waals surface area (Å²) in [4.78, 5) is 40.3. The molecule has 1 aromatic carbocycles. The minimum atomic E-state index is -1.24. The zero-order valence-electron chi connectivity index (χ0n) is 21.1. The van der Waals surface area contributed by atoms with Crippen LogP contribution in [-0.2, 0) is 20.7 Å². The zero-order chi connectivity index (χ0) is 27.4. The van der Waals surface area contributed by atoms with Gasteiger partial charge in [-0.3, -0.25) is 14.2 Å². The van der Waals surface area contributed by atoms with Crippen molar-refractivity contribution >= 4 is 51.4 Å². The normalized spacial score (nSPS) is 21.7. The summed E-state index contributed by atoms with van der Waals surface area (Å²) in [6.45, 7) is -0.452. The molecule has 2 unspecified atom stereocenters. The van der Waals surface area contributed by atoms with Crippen LogP contribution in [0.3, 0.4) is 0 Å². The number of hydrogen-bond donors (Lipinski definition) is 4.